The Kier molecular flexibility index (Phi) is 6.68. The zero-order valence-corrected chi connectivity index (χ0v) is 19.3. The van der Waals surface area contributed by atoms with Gasteiger partial charge in [-0.1, -0.05) is 5.16 Å². The minimum Gasteiger partial charge on any atom is -0.503 e. The number of hydrogen-bond donors (Lipinski definition) is 5. The number of hydroxylamine groups is 2. The van der Waals surface area contributed by atoms with Crippen LogP contribution in [0, 0.1) is 0 Å². The summed E-state index contributed by atoms with van der Waals surface area (Å²) < 4.78 is 5.28. The standard InChI is InChI=1S/C19H18N6O11S/c20-18-22-10(7-37-18)14(23-34-5-8-3-11(26)12(27)4-24(8)33)15(29)21-9-6-35-25(16(9)30)19(17(31)32)2-1-13(28)36-19/h3-4,7,9,27,33H,1-2,5-6H2,(H2,20,22)(H,21,29)(H,31,32)/b23-14+/t9-,19?/m0/s1. The van der Waals surface area contributed by atoms with Gasteiger partial charge < -0.3 is 36.0 Å². The second kappa shape index (κ2) is 9.74. The number of amides is 2. The highest BCUT2D eigenvalue weighted by atomic mass is 32.1. The number of hydrogen-bond acceptors (Lipinski definition) is 14. The maximum absolute atomic E-state index is 13.0. The first-order valence-corrected chi connectivity index (χ1v) is 11.2. The van der Waals surface area contributed by atoms with E-state index in [2.05, 4.69) is 15.5 Å². The molecule has 0 radical (unpaired) electrons. The molecular formula is C19H18N6O11S. The molecule has 2 aliphatic heterocycles. The van der Waals surface area contributed by atoms with Crippen LogP contribution in [0.25, 0.3) is 0 Å². The Morgan fingerprint density at radius 1 is 1.38 bits per heavy atom. The molecule has 4 heterocycles. The number of aliphatic carboxylic acids is 1. The maximum Gasteiger partial charge on any atom is 0.372 e. The highest BCUT2D eigenvalue weighted by Gasteiger charge is 2.59. The van der Waals surface area contributed by atoms with Gasteiger partial charge in [0.2, 0.25) is 5.43 Å². The van der Waals surface area contributed by atoms with Crippen LogP contribution in [0.4, 0.5) is 5.13 Å². The Morgan fingerprint density at radius 3 is 2.76 bits per heavy atom. The molecule has 0 saturated carbocycles. The molecule has 2 aromatic rings. The van der Waals surface area contributed by atoms with Crippen LogP contribution in [0.1, 0.15) is 24.2 Å². The molecule has 0 aromatic carbocycles. The van der Waals surface area contributed by atoms with Crippen molar-refractivity contribution in [2.45, 2.75) is 31.2 Å². The first kappa shape index (κ1) is 25.4. The SMILES string of the molecule is Nc1nc(/C(=N\OCc2cc(=O)c(O)cn2O)C(=O)N[C@H]2CON(C3(C(=O)O)CCC(=O)O3)C2=O)cs1. The number of carbonyl (C=O) groups is 4. The van der Waals surface area contributed by atoms with E-state index in [1.54, 1.807) is 0 Å². The number of rotatable bonds is 8. The van der Waals surface area contributed by atoms with Gasteiger partial charge in [0.25, 0.3) is 11.8 Å². The van der Waals surface area contributed by atoms with Gasteiger partial charge in [-0.2, -0.15) is 9.79 Å². The molecule has 18 heteroatoms. The summed E-state index contributed by atoms with van der Waals surface area (Å²) in [5, 5.41) is 36.5. The van der Waals surface area contributed by atoms with E-state index in [1.165, 1.54) is 5.38 Å². The minimum absolute atomic E-state index is 0.0398. The Bertz CT molecular complexity index is 1370. The number of nitrogens with two attached hydrogens (primary N) is 1. The van der Waals surface area contributed by atoms with Crippen LogP contribution in [0.2, 0.25) is 0 Å². The lowest BCUT2D eigenvalue weighted by molar-refractivity contribution is -0.256. The molecule has 196 valence electrons. The summed E-state index contributed by atoms with van der Waals surface area (Å²) in [4.78, 5) is 74.9. The van der Waals surface area contributed by atoms with Crippen molar-refractivity contribution in [1.29, 1.82) is 0 Å². The van der Waals surface area contributed by atoms with Crippen LogP contribution in [0.5, 0.6) is 5.75 Å². The Morgan fingerprint density at radius 2 is 2.14 bits per heavy atom. The van der Waals surface area contributed by atoms with Crippen LogP contribution in [-0.4, -0.2) is 78.0 Å². The third-order valence-electron chi connectivity index (χ3n) is 5.22. The highest BCUT2D eigenvalue weighted by Crippen LogP contribution is 2.34. The largest absolute Gasteiger partial charge is 0.503 e. The Balaban J connectivity index is 1.51. The van der Waals surface area contributed by atoms with Gasteiger partial charge in [-0.15, -0.1) is 11.3 Å². The molecule has 2 aromatic heterocycles. The van der Waals surface area contributed by atoms with Gasteiger partial charge in [-0.3, -0.25) is 24.0 Å². The number of pyridine rings is 1. The first-order chi connectivity index (χ1) is 17.5. The summed E-state index contributed by atoms with van der Waals surface area (Å²) >= 11 is 0.973. The normalized spacial score (nSPS) is 21.7. The van der Waals surface area contributed by atoms with Gasteiger partial charge >= 0.3 is 17.7 Å². The van der Waals surface area contributed by atoms with E-state index in [0.717, 1.165) is 23.6 Å². The Labute approximate surface area is 209 Å². The predicted octanol–water partition coefficient (Wildman–Crippen LogP) is -1.87. The molecule has 2 amide bonds. The van der Waals surface area contributed by atoms with E-state index >= 15 is 0 Å². The number of carboxylic acids is 1. The molecule has 17 nitrogen and oxygen atoms in total. The average Bonchev–Trinajstić information content (AvgIpc) is 3.54. The predicted molar refractivity (Wildman–Crippen MR) is 118 cm³/mol. The number of carbonyl (C=O) groups excluding carboxylic acids is 3. The number of nitrogen functional groups attached to an aromatic ring is 1. The van der Waals surface area contributed by atoms with Crippen LogP contribution in [0.15, 0.2) is 27.6 Å². The summed E-state index contributed by atoms with van der Waals surface area (Å²) in [5.41, 5.74) is 1.85. The van der Waals surface area contributed by atoms with Gasteiger partial charge in [0.15, 0.2) is 23.2 Å². The summed E-state index contributed by atoms with van der Waals surface area (Å²) in [6, 6.07) is -0.508. The number of carboxylic acid groups (broad SMARTS) is 1. The number of nitrogens with zero attached hydrogens (tertiary/aromatic N) is 4. The third kappa shape index (κ3) is 4.86. The minimum atomic E-state index is -2.36. The van der Waals surface area contributed by atoms with Crippen molar-refractivity contribution in [1.82, 2.24) is 20.1 Å². The van der Waals surface area contributed by atoms with Crippen molar-refractivity contribution in [2.75, 3.05) is 12.3 Å². The molecule has 37 heavy (non-hydrogen) atoms. The number of oxime groups is 1. The number of thiazole rings is 1. The summed E-state index contributed by atoms with van der Waals surface area (Å²) in [5.74, 6) is -5.14. The second-order valence-electron chi connectivity index (χ2n) is 7.66. The van der Waals surface area contributed by atoms with Gasteiger partial charge in [0.05, 0.1) is 12.6 Å². The number of aromatic hydroxyl groups is 1. The lowest BCUT2D eigenvalue weighted by atomic mass is 10.1. The molecule has 2 aliphatic rings. The zero-order chi connectivity index (χ0) is 26.9. The van der Waals surface area contributed by atoms with Crippen molar-refractivity contribution in [3.05, 3.63) is 39.3 Å². The van der Waals surface area contributed by atoms with Gasteiger partial charge in [-0.25, -0.2) is 9.78 Å². The van der Waals surface area contributed by atoms with Crippen molar-refractivity contribution in [3.63, 3.8) is 0 Å². The van der Waals surface area contributed by atoms with Crippen LogP contribution >= 0.6 is 11.3 Å². The van der Waals surface area contributed by atoms with Crippen molar-refractivity contribution >= 4 is 45.9 Å². The molecule has 2 atom stereocenters. The molecule has 2 saturated heterocycles. The van der Waals surface area contributed by atoms with Gasteiger partial charge in [-0.05, 0) is 0 Å². The molecule has 2 fully saturated rings. The summed E-state index contributed by atoms with van der Waals surface area (Å²) in [7, 11) is 0. The van der Waals surface area contributed by atoms with E-state index in [9.17, 15) is 39.4 Å². The van der Waals surface area contributed by atoms with E-state index in [4.69, 9.17) is 20.1 Å². The molecule has 0 aliphatic carbocycles. The topological polar surface area (TPSA) is 245 Å². The summed E-state index contributed by atoms with van der Waals surface area (Å²) in [6.45, 7) is -0.997. The smallest absolute Gasteiger partial charge is 0.372 e. The number of aromatic nitrogens is 2. The highest BCUT2D eigenvalue weighted by molar-refractivity contribution is 7.13. The fourth-order valence-electron chi connectivity index (χ4n) is 3.41. The number of ether oxygens (including phenoxy) is 1. The molecular weight excluding hydrogens is 520 g/mol. The fraction of sp³-hybridized carbons (Fsp3) is 0.316. The van der Waals surface area contributed by atoms with E-state index < -0.39 is 65.6 Å². The molecule has 0 bridgehead atoms. The summed E-state index contributed by atoms with van der Waals surface area (Å²) in [6.07, 6.45) is 0.139. The quantitative estimate of drug-likeness (QED) is 0.107. The molecule has 4 rings (SSSR count). The average molecular weight is 538 g/mol. The second-order valence-corrected chi connectivity index (χ2v) is 8.55. The van der Waals surface area contributed by atoms with Crippen LogP contribution in [0.3, 0.4) is 0 Å². The van der Waals surface area contributed by atoms with Crippen molar-refractivity contribution in [2.24, 2.45) is 5.16 Å². The Hall–Kier alpha value is -4.71. The number of cyclic esters (lactones) is 1. The fourth-order valence-corrected chi connectivity index (χ4v) is 3.95. The third-order valence-corrected chi connectivity index (χ3v) is 5.90. The van der Waals surface area contributed by atoms with Crippen molar-refractivity contribution in [3.8, 4) is 5.75 Å². The number of nitrogens with one attached hydrogen (secondary N) is 1. The van der Waals surface area contributed by atoms with E-state index in [-0.39, 0.29) is 29.4 Å². The number of anilines is 1. The molecule has 0 spiro atoms. The van der Waals surface area contributed by atoms with Crippen molar-refractivity contribution < 1.29 is 49.0 Å². The maximum atomic E-state index is 13.0. The van der Waals surface area contributed by atoms with Crippen LogP contribution < -0.4 is 16.5 Å². The van der Waals surface area contributed by atoms with Gasteiger partial charge in [0.1, 0.15) is 24.0 Å². The molecule has 6 N–H and O–H groups in total. The molecule has 1 unspecified atom stereocenters. The van der Waals surface area contributed by atoms with E-state index in [0.29, 0.717) is 9.79 Å². The first-order valence-electron chi connectivity index (χ1n) is 10.3. The lowest BCUT2D eigenvalue weighted by Crippen LogP contribution is -2.57. The number of esters is 1. The zero-order valence-electron chi connectivity index (χ0n) is 18.5. The van der Waals surface area contributed by atoms with E-state index in [1.807, 2.05) is 0 Å². The van der Waals surface area contributed by atoms with Crippen LogP contribution in [-0.2, 0) is 40.2 Å². The monoisotopic (exact) mass is 538 g/mol. The van der Waals surface area contributed by atoms with Gasteiger partial charge in [0, 0.05) is 17.9 Å². The lowest BCUT2D eigenvalue weighted by Gasteiger charge is -2.30.